The summed E-state index contributed by atoms with van der Waals surface area (Å²) in [6.07, 6.45) is 2.22. The highest BCUT2D eigenvalue weighted by Gasteiger charge is 2.45. The van der Waals surface area contributed by atoms with E-state index in [0.717, 1.165) is 16.2 Å². The largest absolute Gasteiger partial charge is 0.480 e. The number of hydrogen-bond donors (Lipinski definition) is 2. The van der Waals surface area contributed by atoms with E-state index < -0.39 is 11.5 Å². The van der Waals surface area contributed by atoms with Gasteiger partial charge in [0.05, 0.1) is 6.42 Å². The molecule has 5 heteroatoms. The van der Waals surface area contributed by atoms with Crippen molar-refractivity contribution in [3.8, 4) is 0 Å². The molecule has 0 atom stereocenters. The van der Waals surface area contributed by atoms with E-state index in [2.05, 4.69) is 5.32 Å². The average Bonchev–Trinajstić information content (AvgIpc) is 2.57. The van der Waals surface area contributed by atoms with E-state index >= 15 is 0 Å². The van der Waals surface area contributed by atoms with Crippen molar-refractivity contribution in [1.29, 1.82) is 0 Å². The summed E-state index contributed by atoms with van der Waals surface area (Å²) in [5.74, 6) is -1.12. The summed E-state index contributed by atoms with van der Waals surface area (Å²) in [6, 6.07) is 3.87. The second-order valence-corrected chi connectivity index (χ2v) is 5.85. The van der Waals surface area contributed by atoms with Gasteiger partial charge in [-0.3, -0.25) is 4.79 Å². The summed E-state index contributed by atoms with van der Waals surface area (Å²) in [5.41, 5.74) is -0.997. The zero-order chi connectivity index (χ0) is 12.5. The second-order valence-electron chi connectivity index (χ2n) is 4.48. The van der Waals surface area contributed by atoms with E-state index in [4.69, 9.17) is 5.11 Å². The first-order chi connectivity index (χ1) is 8.02. The number of aliphatic carboxylic acids is 1. The molecule has 2 N–H and O–H groups in total. The van der Waals surface area contributed by atoms with Crippen LogP contribution in [0.25, 0.3) is 0 Å². The number of amides is 1. The van der Waals surface area contributed by atoms with Gasteiger partial charge in [0.2, 0.25) is 5.91 Å². The summed E-state index contributed by atoms with van der Waals surface area (Å²) in [4.78, 5) is 25.0. The summed E-state index contributed by atoms with van der Waals surface area (Å²) in [6.45, 7) is 1.98. The molecule has 4 nitrogen and oxygen atoms in total. The van der Waals surface area contributed by atoms with Gasteiger partial charge in [-0.2, -0.15) is 0 Å². The molecule has 1 heterocycles. The molecule has 92 valence electrons. The summed E-state index contributed by atoms with van der Waals surface area (Å²) in [7, 11) is 0. The van der Waals surface area contributed by atoms with Gasteiger partial charge in [0.15, 0.2) is 0 Å². The molecule has 0 saturated heterocycles. The molecule has 1 aliphatic carbocycles. The average molecular weight is 253 g/mol. The van der Waals surface area contributed by atoms with Crippen LogP contribution in [-0.4, -0.2) is 22.5 Å². The van der Waals surface area contributed by atoms with Crippen LogP contribution in [0.1, 0.15) is 29.0 Å². The number of thiophene rings is 1. The van der Waals surface area contributed by atoms with Gasteiger partial charge in [0.1, 0.15) is 5.54 Å². The Morgan fingerprint density at radius 1 is 1.47 bits per heavy atom. The molecule has 0 radical (unpaired) electrons. The standard InChI is InChI=1S/C12H15NO3S/c1-8-3-4-9(17-8)7-10(14)13-12(11(15)16)5-2-6-12/h3-4H,2,5-7H2,1H3,(H,13,14)(H,15,16). The van der Waals surface area contributed by atoms with Crippen LogP contribution in [0, 0.1) is 6.92 Å². The normalized spacial score (nSPS) is 17.2. The Labute approximate surface area is 104 Å². The molecule has 1 aromatic rings. The van der Waals surface area contributed by atoms with E-state index in [1.165, 1.54) is 0 Å². The van der Waals surface area contributed by atoms with E-state index in [9.17, 15) is 9.59 Å². The van der Waals surface area contributed by atoms with Gasteiger partial charge in [-0.05, 0) is 38.3 Å². The molecule has 1 amide bonds. The smallest absolute Gasteiger partial charge is 0.329 e. The molecule has 1 aliphatic rings. The fourth-order valence-electron chi connectivity index (χ4n) is 1.97. The molecule has 1 saturated carbocycles. The lowest BCUT2D eigenvalue weighted by Crippen LogP contribution is -2.59. The monoisotopic (exact) mass is 253 g/mol. The maximum absolute atomic E-state index is 11.8. The van der Waals surface area contributed by atoms with Crippen molar-refractivity contribution in [2.24, 2.45) is 0 Å². The lowest BCUT2D eigenvalue weighted by molar-refractivity contribution is -0.151. The van der Waals surface area contributed by atoms with Crippen molar-refractivity contribution in [1.82, 2.24) is 5.32 Å². The number of aryl methyl sites for hydroxylation is 1. The van der Waals surface area contributed by atoms with Gasteiger partial charge in [-0.15, -0.1) is 11.3 Å². The number of rotatable bonds is 4. The van der Waals surface area contributed by atoms with Gasteiger partial charge < -0.3 is 10.4 Å². The Bertz CT molecular complexity index is 448. The molecular weight excluding hydrogens is 238 g/mol. The van der Waals surface area contributed by atoms with Crippen LogP contribution in [0.2, 0.25) is 0 Å². The third-order valence-corrected chi connectivity index (χ3v) is 4.13. The van der Waals surface area contributed by atoms with E-state index in [0.29, 0.717) is 12.8 Å². The van der Waals surface area contributed by atoms with Crippen LogP contribution >= 0.6 is 11.3 Å². The quantitative estimate of drug-likeness (QED) is 0.858. The van der Waals surface area contributed by atoms with Gasteiger partial charge in [-0.1, -0.05) is 0 Å². The molecule has 1 fully saturated rings. The number of carboxylic acid groups (broad SMARTS) is 1. The van der Waals surface area contributed by atoms with Crippen molar-refractivity contribution >= 4 is 23.2 Å². The van der Waals surface area contributed by atoms with E-state index in [1.54, 1.807) is 11.3 Å². The third kappa shape index (κ3) is 2.49. The Morgan fingerprint density at radius 3 is 2.59 bits per heavy atom. The maximum Gasteiger partial charge on any atom is 0.329 e. The Hall–Kier alpha value is -1.36. The topological polar surface area (TPSA) is 66.4 Å². The summed E-state index contributed by atoms with van der Waals surface area (Å²) in [5, 5.41) is 11.7. The van der Waals surface area contributed by atoms with Crippen LogP contribution in [0.5, 0.6) is 0 Å². The van der Waals surface area contributed by atoms with Crippen molar-refractivity contribution < 1.29 is 14.7 Å². The molecule has 0 bridgehead atoms. The lowest BCUT2D eigenvalue weighted by atomic mass is 9.76. The minimum Gasteiger partial charge on any atom is -0.480 e. The predicted molar refractivity (Wildman–Crippen MR) is 65.1 cm³/mol. The fraction of sp³-hybridized carbons (Fsp3) is 0.500. The SMILES string of the molecule is Cc1ccc(CC(=O)NC2(C(=O)O)CCC2)s1. The van der Waals surface area contributed by atoms with E-state index in [-0.39, 0.29) is 12.3 Å². The Morgan fingerprint density at radius 2 is 2.18 bits per heavy atom. The predicted octanol–water partition coefficient (Wildman–Crippen LogP) is 1.72. The van der Waals surface area contributed by atoms with Crippen LogP contribution in [0.15, 0.2) is 12.1 Å². The molecule has 0 spiro atoms. The van der Waals surface area contributed by atoms with Crippen molar-refractivity contribution in [3.05, 3.63) is 21.9 Å². The highest BCUT2D eigenvalue weighted by molar-refractivity contribution is 7.12. The minimum absolute atomic E-state index is 0.200. The molecule has 0 aromatic carbocycles. The van der Waals surface area contributed by atoms with Gasteiger partial charge in [0.25, 0.3) is 0 Å². The maximum atomic E-state index is 11.8. The Balaban J connectivity index is 1.95. The first-order valence-corrected chi connectivity index (χ1v) is 6.43. The second kappa shape index (κ2) is 4.49. The molecule has 2 rings (SSSR count). The zero-order valence-corrected chi connectivity index (χ0v) is 10.5. The zero-order valence-electron chi connectivity index (χ0n) is 9.66. The van der Waals surface area contributed by atoms with Crippen LogP contribution in [-0.2, 0) is 16.0 Å². The van der Waals surface area contributed by atoms with Crippen LogP contribution in [0.3, 0.4) is 0 Å². The summed E-state index contributed by atoms with van der Waals surface area (Å²) >= 11 is 1.57. The first kappa shape index (κ1) is 12.1. The lowest BCUT2D eigenvalue weighted by Gasteiger charge is -2.38. The van der Waals surface area contributed by atoms with Crippen LogP contribution in [0.4, 0.5) is 0 Å². The van der Waals surface area contributed by atoms with Crippen molar-refractivity contribution in [3.63, 3.8) is 0 Å². The molecule has 1 aromatic heterocycles. The Kier molecular flexibility index (Phi) is 3.19. The number of carbonyl (C=O) groups is 2. The number of carbonyl (C=O) groups excluding carboxylic acids is 1. The minimum atomic E-state index is -0.997. The summed E-state index contributed by atoms with van der Waals surface area (Å²) < 4.78 is 0. The van der Waals surface area contributed by atoms with Gasteiger partial charge >= 0.3 is 5.97 Å². The molecular formula is C12H15NO3S. The van der Waals surface area contributed by atoms with Gasteiger partial charge in [0, 0.05) is 9.75 Å². The fourth-order valence-corrected chi connectivity index (χ4v) is 2.86. The number of nitrogens with one attached hydrogen (secondary N) is 1. The highest BCUT2D eigenvalue weighted by atomic mass is 32.1. The number of hydrogen-bond acceptors (Lipinski definition) is 3. The van der Waals surface area contributed by atoms with E-state index in [1.807, 2.05) is 19.1 Å². The van der Waals surface area contributed by atoms with Crippen molar-refractivity contribution in [2.45, 2.75) is 38.1 Å². The highest BCUT2D eigenvalue weighted by Crippen LogP contribution is 2.32. The van der Waals surface area contributed by atoms with Crippen LogP contribution < -0.4 is 5.32 Å². The van der Waals surface area contributed by atoms with Crippen molar-refractivity contribution in [2.75, 3.05) is 0 Å². The number of carboxylic acids is 1. The van der Waals surface area contributed by atoms with Gasteiger partial charge in [-0.25, -0.2) is 4.79 Å². The molecule has 0 aliphatic heterocycles. The molecule has 0 unspecified atom stereocenters. The third-order valence-electron chi connectivity index (χ3n) is 3.13. The first-order valence-electron chi connectivity index (χ1n) is 5.62. The molecule has 17 heavy (non-hydrogen) atoms.